The van der Waals surface area contributed by atoms with Crippen molar-refractivity contribution in [1.82, 2.24) is 4.98 Å². The molecule has 1 aliphatic rings. The Morgan fingerprint density at radius 3 is 2.88 bits per heavy atom. The third-order valence-corrected chi connectivity index (χ3v) is 4.87. The summed E-state index contributed by atoms with van der Waals surface area (Å²) >= 11 is 0. The number of amides is 1. The Kier molecular flexibility index (Phi) is 4.29. The van der Waals surface area contributed by atoms with Gasteiger partial charge in [-0.05, 0) is 56.2 Å². The largest absolute Gasteiger partial charge is 0.494 e. The summed E-state index contributed by atoms with van der Waals surface area (Å²) < 4.78 is 5.52. The molecule has 2 aromatic carbocycles. The molecule has 0 radical (unpaired) electrons. The number of aromatic nitrogens is 1. The summed E-state index contributed by atoms with van der Waals surface area (Å²) in [4.78, 5) is 18.2. The smallest absolute Gasteiger partial charge is 0.272 e. The lowest BCUT2D eigenvalue weighted by molar-refractivity contribution is 0.102. The highest BCUT2D eigenvalue weighted by Gasteiger charge is 2.18. The molecule has 1 aromatic heterocycles. The van der Waals surface area contributed by atoms with Gasteiger partial charge in [-0.1, -0.05) is 6.07 Å². The summed E-state index contributed by atoms with van der Waals surface area (Å²) in [5.41, 5.74) is 4.83. The number of nitrogens with one attached hydrogen (secondary N) is 2. The summed E-state index contributed by atoms with van der Waals surface area (Å²) in [6.07, 6.45) is 1.07. The van der Waals surface area contributed by atoms with Crippen LogP contribution in [0.4, 0.5) is 11.4 Å². The zero-order chi connectivity index (χ0) is 18.1. The number of carbonyl (C=O) groups excluding carboxylic acids is 1. The van der Waals surface area contributed by atoms with Crippen molar-refractivity contribution in [2.45, 2.75) is 20.3 Å². The first-order valence-electron chi connectivity index (χ1n) is 9.12. The van der Waals surface area contributed by atoms with Crippen molar-refractivity contribution in [1.29, 1.82) is 0 Å². The average Bonchev–Trinajstić information content (AvgIpc) is 3.25. The van der Waals surface area contributed by atoms with Crippen LogP contribution in [-0.2, 0) is 6.42 Å². The van der Waals surface area contributed by atoms with Crippen LogP contribution in [0.25, 0.3) is 10.9 Å². The minimum absolute atomic E-state index is 0.139. The Morgan fingerprint density at radius 2 is 2.08 bits per heavy atom. The highest BCUT2D eigenvalue weighted by Crippen LogP contribution is 2.31. The number of aromatic amines is 1. The molecule has 0 fully saturated rings. The molecule has 0 atom stereocenters. The summed E-state index contributed by atoms with van der Waals surface area (Å²) in [6.45, 7) is 6.75. The van der Waals surface area contributed by atoms with Gasteiger partial charge >= 0.3 is 0 Å². The van der Waals surface area contributed by atoms with Gasteiger partial charge in [0, 0.05) is 41.4 Å². The number of ether oxygens (including phenoxy) is 1. The van der Waals surface area contributed by atoms with E-state index in [-0.39, 0.29) is 5.91 Å². The second-order valence-corrected chi connectivity index (χ2v) is 6.49. The number of carbonyl (C=O) groups is 1. The van der Waals surface area contributed by atoms with Crippen molar-refractivity contribution < 1.29 is 9.53 Å². The Bertz CT molecular complexity index is 961. The van der Waals surface area contributed by atoms with E-state index in [0.717, 1.165) is 41.9 Å². The summed E-state index contributed by atoms with van der Waals surface area (Å²) in [5.74, 6) is 0.659. The van der Waals surface area contributed by atoms with Gasteiger partial charge < -0.3 is 19.9 Å². The normalized spacial score (nSPS) is 13.1. The molecule has 0 aliphatic carbocycles. The molecule has 1 aliphatic heterocycles. The van der Waals surface area contributed by atoms with Gasteiger partial charge in [-0.25, -0.2) is 0 Å². The van der Waals surface area contributed by atoms with Gasteiger partial charge in [0.2, 0.25) is 0 Å². The second kappa shape index (κ2) is 6.75. The molecule has 0 saturated heterocycles. The van der Waals surface area contributed by atoms with Crippen LogP contribution in [0.1, 0.15) is 29.9 Å². The number of benzene rings is 2. The molecule has 0 saturated carbocycles. The van der Waals surface area contributed by atoms with Crippen LogP contribution in [0.15, 0.2) is 42.5 Å². The summed E-state index contributed by atoms with van der Waals surface area (Å²) in [7, 11) is 0. The molecular weight excluding hydrogens is 326 g/mol. The minimum Gasteiger partial charge on any atom is -0.494 e. The van der Waals surface area contributed by atoms with Crippen molar-refractivity contribution >= 4 is 28.2 Å². The minimum atomic E-state index is -0.139. The molecule has 2 N–H and O–H groups in total. The van der Waals surface area contributed by atoms with Gasteiger partial charge in [0.25, 0.3) is 5.91 Å². The standard InChI is InChI=1S/C21H23N3O2/c1-3-24-10-9-14-5-7-16(12-20(14)24)22-21(25)19-11-15-6-8-17(26-4-2)13-18(15)23-19/h5-8,11-13,23H,3-4,9-10H2,1-2H3,(H,22,25). The molecule has 5 nitrogen and oxygen atoms in total. The lowest BCUT2D eigenvalue weighted by Gasteiger charge is -2.17. The Morgan fingerprint density at radius 1 is 1.19 bits per heavy atom. The molecule has 3 aromatic rings. The lowest BCUT2D eigenvalue weighted by atomic mass is 10.1. The fourth-order valence-electron chi connectivity index (χ4n) is 3.54. The number of H-pyrrole nitrogens is 1. The van der Waals surface area contributed by atoms with Crippen molar-refractivity contribution in [3.05, 3.63) is 53.7 Å². The maximum absolute atomic E-state index is 12.7. The maximum Gasteiger partial charge on any atom is 0.272 e. The van der Waals surface area contributed by atoms with Crippen molar-refractivity contribution in [2.24, 2.45) is 0 Å². The quantitative estimate of drug-likeness (QED) is 0.726. The van der Waals surface area contributed by atoms with E-state index in [1.54, 1.807) is 0 Å². The molecule has 4 rings (SSSR count). The zero-order valence-electron chi connectivity index (χ0n) is 15.1. The van der Waals surface area contributed by atoms with Crippen LogP contribution in [-0.4, -0.2) is 30.6 Å². The highest BCUT2D eigenvalue weighted by atomic mass is 16.5. The van der Waals surface area contributed by atoms with Gasteiger partial charge in [0.05, 0.1) is 6.61 Å². The molecule has 0 bridgehead atoms. The van der Waals surface area contributed by atoms with Gasteiger partial charge in [0.15, 0.2) is 0 Å². The van der Waals surface area contributed by atoms with Crippen LogP contribution in [0.2, 0.25) is 0 Å². The Hall–Kier alpha value is -2.95. The molecule has 2 heterocycles. The number of hydrogen-bond acceptors (Lipinski definition) is 3. The topological polar surface area (TPSA) is 57.4 Å². The van der Waals surface area contributed by atoms with Crippen LogP contribution < -0.4 is 15.0 Å². The Labute approximate surface area is 153 Å². The van der Waals surface area contributed by atoms with E-state index in [1.165, 1.54) is 11.3 Å². The van der Waals surface area contributed by atoms with Crippen molar-refractivity contribution in [2.75, 3.05) is 29.9 Å². The first kappa shape index (κ1) is 16.5. The van der Waals surface area contributed by atoms with E-state index < -0.39 is 0 Å². The predicted octanol–water partition coefficient (Wildman–Crippen LogP) is 4.20. The number of hydrogen-bond donors (Lipinski definition) is 2. The van der Waals surface area contributed by atoms with Crippen LogP contribution >= 0.6 is 0 Å². The average molecular weight is 349 g/mol. The third kappa shape index (κ3) is 3.01. The molecule has 1 amide bonds. The molecule has 0 spiro atoms. The van der Waals surface area contributed by atoms with Crippen molar-refractivity contribution in [3.8, 4) is 5.75 Å². The van der Waals surface area contributed by atoms with Crippen LogP contribution in [0.3, 0.4) is 0 Å². The van der Waals surface area contributed by atoms with Crippen molar-refractivity contribution in [3.63, 3.8) is 0 Å². The second-order valence-electron chi connectivity index (χ2n) is 6.49. The molecular formula is C21H23N3O2. The monoisotopic (exact) mass is 349 g/mol. The number of rotatable bonds is 5. The number of fused-ring (bicyclic) bond motifs is 2. The van der Waals surface area contributed by atoms with E-state index >= 15 is 0 Å². The molecule has 0 unspecified atom stereocenters. The van der Waals surface area contributed by atoms with Gasteiger partial charge in [-0.3, -0.25) is 4.79 Å². The highest BCUT2D eigenvalue weighted by molar-refractivity contribution is 6.06. The molecule has 26 heavy (non-hydrogen) atoms. The number of likely N-dealkylation sites (N-methyl/N-ethyl adjacent to an activating group) is 1. The number of nitrogens with zero attached hydrogens (tertiary/aromatic N) is 1. The van der Waals surface area contributed by atoms with E-state index in [0.29, 0.717) is 12.3 Å². The van der Waals surface area contributed by atoms with E-state index in [4.69, 9.17) is 4.74 Å². The first-order chi connectivity index (χ1) is 12.7. The van der Waals surface area contributed by atoms with Gasteiger partial charge in [-0.2, -0.15) is 0 Å². The third-order valence-electron chi connectivity index (χ3n) is 4.87. The molecule has 134 valence electrons. The predicted molar refractivity (Wildman–Crippen MR) is 105 cm³/mol. The number of anilines is 2. The lowest BCUT2D eigenvalue weighted by Crippen LogP contribution is -2.19. The van der Waals surface area contributed by atoms with Gasteiger partial charge in [0.1, 0.15) is 11.4 Å². The fourth-order valence-corrected chi connectivity index (χ4v) is 3.54. The molecule has 5 heteroatoms. The van der Waals surface area contributed by atoms with Crippen LogP contribution in [0.5, 0.6) is 5.75 Å². The Balaban J connectivity index is 1.56. The van der Waals surface area contributed by atoms with E-state index in [1.807, 2.05) is 37.3 Å². The fraction of sp³-hybridized carbons (Fsp3) is 0.286. The van der Waals surface area contributed by atoms with E-state index in [2.05, 4.69) is 34.3 Å². The maximum atomic E-state index is 12.7. The summed E-state index contributed by atoms with van der Waals surface area (Å²) in [6, 6.07) is 13.8. The van der Waals surface area contributed by atoms with Gasteiger partial charge in [-0.15, -0.1) is 0 Å². The van der Waals surface area contributed by atoms with E-state index in [9.17, 15) is 4.79 Å². The summed E-state index contributed by atoms with van der Waals surface area (Å²) in [5, 5.41) is 4.00. The van der Waals surface area contributed by atoms with Crippen LogP contribution in [0, 0.1) is 0 Å². The SMILES string of the molecule is CCOc1ccc2cc(C(=O)Nc3ccc4c(c3)N(CC)CC4)[nH]c2c1. The zero-order valence-corrected chi connectivity index (χ0v) is 15.1. The first-order valence-corrected chi connectivity index (χ1v) is 9.12.